The molecule has 0 aliphatic heterocycles. The van der Waals surface area contributed by atoms with Crippen LogP contribution >= 0.6 is 0 Å². The second-order valence-electron chi connectivity index (χ2n) is 3.64. The molecule has 2 heteroatoms. The van der Waals surface area contributed by atoms with Crippen LogP contribution in [0.5, 0.6) is 0 Å². The van der Waals surface area contributed by atoms with E-state index in [-0.39, 0.29) is 0 Å². The Bertz CT molecular complexity index is 271. The van der Waals surface area contributed by atoms with Gasteiger partial charge >= 0.3 is 6.41 Å². The summed E-state index contributed by atoms with van der Waals surface area (Å²) in [6.07, 6.45) is 6.67. The summed E-state index contributed by atoms with van der Waals surface area (Å²) in [6, 6.07) is 9.69. The van der Waals surface area contributed by atoms with E-state index in [9.17, 15) is 4.79 Å². The minimum Gasteiger partial charge on any atom is -0.304 e. The summed E-state index contributed by atoms with van der Waals surface area (Å²) >= 11 is 0. The summed E-state index contributed by atoms with van der Waals surface area (Å²) in [5.74, 6) is 0. The lowest BCUT2D eigenvalue weighted by Gasteiger charge is -2.15. The molecular formula is C13H18NO. The molecule has 0 bridgehead atoms. The number of nitrogens with zero attached hydrogens (tertiary/aromatic N) is 1. The van der Waals surface area contributed by atoms with Crippen LogP contribution in [0.25, 0.3) is 0 Å². The lowest BCUT2D eigenvalue weighted by molar-refractivity contribution is 0.548. The molecule has 1 rings (SSSR count). The number of hydrogen-bond donors (Lipinski definition) is 0. The fourth-order valence-corrected chi connectivity index (χ4v) is 1.53. The minimum atomic E-state index is 0.771. The van der Waals surface area contributed by atoms with Crippen molar-refractivity contribution in [3.63, 3.8) is 0 Å². The van der Waals surface area contributed by atoms with E-state index in [2.05, 4.69) is 6.92 Å². The third-order valence-electron chi connectivity index (χ3n) is 2.41. The Labute approximate surface area is 91.9 Å². The van der Waals surface area contributed by atoms with Crippen LogP contribution in [0.15, 0.2) is 30.3 Å². The summed E-state index contributed by atoms with van der Waals surface area (Å²) in [6.45, 7) is 2.95. The summed E-state index contributed by atoms with van der Waals surface area (Å²) in [7, 11) is 0. The number of carbonyl (C=O) groups excluding carboxylic acids is 1. The van der Waals surface area contributed by atoms with Gasteiger partial charge in [0.25, 0.3) is 0 Å². The van der Waals surface area contributed by atoms with Gasteiger partial charge in [0.1, 0.15) is 0 Å². The van der Waals surface area contributed by atoms with Crippen LogP contribution in [-0.2, 0) is 4.79 Å². The highest BCUT2D eigenvalue weighted by molar-refractivity contribution is 5.75. The molecule has 0 heterocycles. The lowest BCUT2D eigenvalue weighted by atomic mass is 10.2. The fourth-order valence-electron chi connectivity index (χ4n) is 1.53. The Morgan fingerprint density at radius 3 is 2.47 bits per heavy atom. The van der Waals surface area contributed by atoms with Crippen molar-refractivity contribution in [2.45, 2.75) is 32.6 Å². The number of anilines is 1. The van der Waals surface area contributed by atoms with Crippen LogP contribution in [0.3, 0.4) is 0 Å². The molecule has 0 saturated carbocycles. The Hall–Kier alpha value is -1.31. The molecular weight excluding hydrogens is 186 g/mol. The highest BCUT2D eigenvalue weighted by Gasteiger charge is 2.04. The third kappa shape index (κ3) is 4.15. The maximum Gasteiger partial charge on any atom is 0.316 e. The largest absolute Gasteiger partial charge is 0.316 e. The van der Waals surface area contributed by atoms with Crippen LogP contribution in [0.2, 0.25) is 0 Å². The maximum absolute atomic E-state index is 10.8. The molecule has 1 radical (unpaired) electrons. The zero-order chi connectivity index (χ0) is 10.9. The van der Waals surface area contributed by atoms with Crippen LogP contribution < -0.4 is 4.90 Å². The van der Waals surface area contributed by atoms with Gasteiger partial charge in [-0.15, -0.1) is 0 Å². The number of benzene rings is 1. The molecule has 0 aromatic heterocycles. The van der Waals surface area contributed by atoms with Gasteiger partial charge in [-0.25, -0.2) is 0 Å². The number of para-hydroxylation sites is 1. The zero-order valence-electron chi connectivity index (χ0n) is 9.28. The van der Waals surface area contributed by atoms with Gasteiger partial charge in [-0.2, -0.15) is 0 Å². The highest BCUT2D eigenvalue weighted by Crippen LogP contribution is 2.12. The first-order valence-corrected chi connectivity index (χ1v) is 5.59. The Morgan fingerprint density at radius 1 is 1.13 bits per heavy atom. The highest BCUT2D eigenvalue weighted by atomic mass is 16.1. The van der Waals surface area contributed by atoms with Gasteiger partial charge in [0, 0.05) is 12.2 Å². The van der Waals surface area contributed by atoms with Gasteiger partial charge in [0.15, 0.2) is 0 Å². The molecule has 0 saturated heterocycles. The maximum atomic E-state index is 10.8. The van der Waals surface area contributed by atoms with Crippen molar-refractivity contribution in [2.24, 2.45) is 0 Å². The van der Waals surface area contributed by atoms with Crippen molar-refractivity contribution < 1.29 is 4.79 Å². The second kappa shape index (κ2) is 7.04. The molecule has 0 aliphatic rings. The van der Waals surface area contributed by atoms with Crippen LogP contribution in [-0.4, -0.2) is 13.0 Å². The van der Waals surface area contributed by atoms with E-state index in [0.29, 0.717) is 0 Å². The van der Waals surface area contributed by atoms with Gasteiger partial charge in [-0.3, -0.25) is 4.79 Å². The zero-order valence-corrected chi connectivity index (χ0v) is 9.28. The Morgan fingerprint density at radius 2 is 1.87 bits per heavy atom. The summed E-state index contributed by atoms with van der Waals surface area (Å²) in [5.41, 5.74) is 0.934. The monoisotopic (exact) mass is 204 g/mol. The first-order chi connectivity index (χ1) is 7.38. The van der Waals surface area contributed by atoms with E-state index in [1.54, 1.807) is 4.90 Å². The molecule has 81 valence electrons. The average Bonchev–Trinajstić information content (AvgIpc) is 2.30. The van der Waals surface area contributed by atoms with Gasteiger partial charge < -0.3 is 4.90 Å². The first-order valence-electron chi connectivity index (χ1n) is 5.59. The quantitative estimate of drug-likeness (QED) is 0.493. The molecule has 1 aromatic rings. The van der Waals surface area contributed by atoms with Crippen molar-refractivity contribution in [2.75, 3.05) is 11.4 Å². The van der Waals surface area contributed by atoms with Crippen LogP contribution in [0.4, 0.5) is 5.69 Å². The predicted molar refractivity (Wildman–Crippen MR) is 63.6 cm³/mol. The molecule has 1 aromatic carbocycles. The minimum absolute atomic E-state index is 0.771. The van der Waals surface area contributed by atoms with E-state index in [1.165, 1.54) is 19.3 Å². The Balaban J connectivity index is 2.39. The summed E-state index contributed by atoms with van der Waals surface area (Å²) in [4.78, 5) is 12.4. The van der Waals surface area contributed by atoms with Gasteiger partial charge in [0.2, 0.25) is 0 Å². The summed E-state index contributed by atoms with van der Waals surface area (Å²) < 4.78 is 0. The second-order valence-corrected chi connectivity index (χ2v) is 3.64. The van der Waals surface area contributed by atoms with Crippen molar-refractivity contribution in [3.8, 4) is 0 Å². The van der Waals surface area contributed by atoms with Crippen LogP contribution in [0.1, 0.15) is 32.6 Å². The number of amides is 1. The van der Waals surface area contributed by atoms with Crippen LogP contribution in [0, 0.1) is 0 Å². The predicted octanol–water partition coefficient (Wildman–Crippen LogP) is 3.14. The molecule has 0 unspecified atom stereocenters. The number of unbranched alkanes of at least 4 members (excludes halogenated alkanes) is 3. The van der Waals surface area contributed by atoms with E-state index in [0.717, 1.165) is 18.7 Å². The van der Waals surface area contributed by atoms with E-state index >= 15 is 0 Å². The molecule has 0 spiro atoms. The molecule has 0 aliphatic carbocycles. The fraction of sp³-hybridized carbons (Fsp3) is 0.462. The number of hydrogen-bond acceptors (Lipinski definition) is 1. The van der Waals surface area contributed by atoms with Gasteiger partial charge in [0.05, 0.1) is 0 Å². The molecule has 2 nitrogen and oxygen atoms in total. The topological polar surface area (TPSA) is 20.3 Å². The smallest absolute Gasteiger partial charge is 0.304 e. The molecule has 0 atom stereocenters. The summed E-state index contributed by atoms with van der Waals surface area (Å²) in [5, 5.41) is 0. The van der Waals surface area contributed by atoms with Crippen molar-refractivity contribution >= 4 is 12.1 Å². The van der Waals surface area contributed by atoms with Gasteiger partial charge in [-0.1, -0.05) is 44.4 Å². The SMILES string of the molecule is CCCCCCN([C]=O)c1ccccc1. The first kappa shape index (κ1) is 11.8. The normalized spacial score (nSPS) is 9.93. The molecule has 0 fully saturated rings. The lowest BCUT2D eigenvalue weighted by Crippen LogP contribution is -2.21. The molecule has 15 heavy (non-hydrogen) atoms. The van der Waals surface area contributed by atoms with Crippen molar-refractivity contribution in [1.82, 2.24) is 0 Å². The van der Waals surface area contributed by atoms with E-state index in [4.69, 9.17) is 0 Å². The van der Waals surface area contributed by atoms with Crippen molar-refractivity contribution in [1.29, 1.82) is 0 Å². The molecule has 1 amide bonds. The average molecular weight is 204 g/mol. The van der Waals surface area contributed by atoms with E-state index in [1.807, 2.05) is 36.7 Å². The Kier molecular flexibility index (Phi) is 5.52. The molecule has 0 N–H and O–H groups in total. The van der Waals surface area contributed by atoms with Crippen molar-refractivity contribution in [3.05, 3.63) is 30.3 Å². The standard InChI is InChI=1S/C13H18NO/c1-2-3-4-8-11-14(12-15)13-9-6-5-7-10-13/h5-7,9-10H,2-4,8,11H2,1H3. The van der Waals surface area contributed by atoms with E-state index < -0.39 is 0 Å². The van der Waals surface area contributed by atoms with Gasteiger partial charge in [-0.05, 0) is 18.6 Å². The third-order valence-corrected chi connectivity index (χ3v) is 2.41. The number of rotatable bonds is 7.